The monoisotopic (exact) mass is 434 g/mol. The topological polar surface area (TPSA) is 90.9 Å². The van der Waals surface area contributed by atoms with Crippen molar-refractivity contribution in [2.75, 3.05) is 32.9 Å². The molecule has 0 heterocycles. The number of amides is 1. The lowest BCUT2D eigenvalue weighted by Gasteiger charge is -2.12. The lowest BCUT2D eigenvalue weighted by atomic mass is 10.1. The van der Waals surface area contributed by atoms with Crippen molar-refractivity contribution in [3.8, 4) is 0 Å². The van der Waals surface area contributed by atoms with Crippen LogP contribution in [0.5, 0.6) is 0 Å². The van der Waals surface area contributed by atoms with E-state index in [4.69, 9.17) is 0 Å². The first-order chi connectivity index (χ1) is 14.2. The molecule has 2 rings (SSSR count). The van der Waals surface area contributed by atoms with Crippen LogP contribution < -0.4 is 10.6 Å². The van der Waals surface area contributed by atoms with Crippen molar-refractivity contribution in [3.05, 3.63) is 65.5 Å². The van der Waals surface area contributed by atoms with Crippen LogP contribution in [-0.4, -0.2) is 58.1 Å². The van der Waals surface area contributed by atoms with Gasteiger partial charge in [0.05, 0.1) is 12.3 Å². The van der Waals surface area contributed by atoms with E-state index < -0.39 is 15.7 Å². The molecule has 2 N–H and O–H groups in total. The average molecular weight is 435 g/mol. The lowest BCUT2D eigenvalue weighted by Crippen LogP contribution is -2.39. The molecule has 0 aliphatic rings. The molecule has 2 aromatic rings. The summed E-state index contributed by atoms with van der Waals surface area (Å²) in [6.45, 7) is 2.93. The number of aliphatic imine (C=N–C) groups is 1. The first kappa shape index (κ1) is 23.3. The van der Waals surface area contributed by atoms with Crippen molar-refractivity contribution < 1.29 is 17.6 Å². The predicted octanol–water partition coefficient (Wildman–Crippen LogP) is 2.06. The third kappa shape index (κ3) is 6.55. The maximum Gasteiger partial charge on any atom is 0.253 e. The number of carbonyl (C=O) groups excluding carboxylic acids is 1. The molecule has 0 spiro atoms. The van der Waals surface area contributed by atoms with E-state index in [1.54, 1.807) is 26.2 Å². The summed E-state index contributed by atoms with van der Waals surface area (Å²) in [6.07, 6.45) is 0. The summed E-state index contributed by atoms with van der Waals surface area (Å²) >= 11 is 0. The molecular formula is C21H27FN4O3S. The molecule has 0 radical (unpaired) electrons. The SMILES string of the molecule is CCNC(=NCc1ccc(C(=O)N(C)C)cc1)NCCS(=O)(=O)c1ccccc1F. The van der Waals surface area contributed by atoms with Crippen LogP contribution in [0.15, 0.2) is 58.4 Å². The number of rotatable bonds is 8. The van der Waals surface area contributed by atoms with Gasteiger partial charge in [-0.3, -0.25) is 4.79 Å². The summed E-state index contributed by atoms with van der Waals surface area (Å²) in [5.41, 5.74) is 1.50. The van der Waals surface area contributed by atoms with Crippen LogP contribution in [0, 0.1) is 5.82 Å². The van der Waals surface area contributed by atoms with Gasteiger partial charge in [-0.25, -0.2) is 17.8 Å². The lowest BCUT2D eigenvalue weighted by molar-refractivity contribution is 0.0827. The molecule has 0 aliphatic carbocycles. The van der Waals surface area contributed by atoms with Gasteiger partial charge in [-0.1, -0.05) is 24.3 Å². The van der Waals surface area contributed by atoms with Crippen LogP contribution in [0.25, 0.3) is 0 Å². The van der Waals surface area contributed by atoms with Crippen LogP contribution in [0.3, 0.4) is 0 Å². The number of benzene rings is 2. The largest absolute Gasteiger partial charge is 0.357 e. The van der Waals surface area contributed by atoms with Crippen molar-refractivity contribution in [2.45, 2.75) is 18.4 Å². The molecule has 0 aromatic heterocycles. The van der Waals surface area contributed by atoms with E-state index in [1.165, 1.54) is 23.1 Å². The van der Waals surface area contributed by atoms with Crippen LogP contribution >= 0.6 is 0 Å². The molecule has 0 saturated carbocycles. The smallest absolute Gasteiger partial charge is 0.253 e. The third-order valence-electron chi connectivity index (χ3n) is 4.21. The predicted molar refractivity (Wildman–Crippen MR) is 116 cm³/mol. The number of hydrogen-bond donors (Lipinski definition) is 2. The van der Waals surface area contributed by atoms with Crippen molar-refractivity contribution >= 4 is 21.7 Å². The Bertz CT molecular complexity index is 990. The molecule has 0 aliphatic heterocycles. The fourth-order valence-electron chi connectivity index (χ4n) is 2.63. The zero-order valence-corrected chi connectivity index (χ0v) is 18.2. The Labute approximate surface area is 176 Å². The van der Waals surface area contributed by atoms with Gasteiger partial charge in [-0.2, -0.15) is 0 Å². The minimum atomic E-state index is -3.74. The van der Waals surface area contributed by atoms with Crippen LogP contribution in [0.1, 0.15) is 22.8 Å². The zero-order valence-electron chi connectivity index (χ0n) is 17.4. The molecule has 9 heteroatoms. The second kappa shape index (κ2) is 10.7. The van der Waals surface area contributed by atoms with Crippen LogP contribution in [0.4, 0.5) is 4.39 Å². The number of guanidine groups is 1. The first-order valence-electron chi connectivity index (χ1n) is 9.54. The average Bonchev–Trinajstić information content (AvgIpc) is 2.72. The summed E-state index contributed by atoms with van der Waals surface area (Å²) in [5.74, 6) is -0.639. The molecule has 0 unspecified atom stereocenters. The minimum absolute atomic E-state index is 0.0730. The highest BCUT2D eigenvalue weighted by Crippen LogP contribution is 2.14. The Morgan fingerprint density at radius 2 is 1.73 bits per heavy atom. The van der Waals surface area contributed by atoms with E-state index in [2.05, 4.69) is 15.6 Å². The van der Waals surface area contributed by atoms with Gasteiger partial charge in [0.1, 0.15) is 10.7 Å². The van der Waals surface area contributed by atoms with Gasteiger partial charge in [-0.05, 0) is 36.8 Å². The normalized spacial score (nSPS) is 11.8. The second-order valence-corrected chi connectivity index (χ2v) is 8.85. The molecule has 1 amide bonds. The van der Waals surface area contributed by atoms with Gasteiger partial charge in [0, 0.05) is 32.7 Å². The summed E-state index contributed by atoms with van der Waals surface area (Å²) in [4.78, 5) is 17.6. The van der Waals surface area contributed by atoms with Crippen molar-refractivity contribution in [1.82, 2.24) is 15.5 Å². The van der Waals surface area contributed by atoms with Crippen molar-refractivity contribution in [2.24, 2.45) is 4.99 Å². The van der Waals surface area contributed by atoms with Gasteiger partial charge >= 0.3 is 0 Å². The van der Waals surface area contributed by atoms with Gasteiger partial charge in [0.15, 0.2) is 15.8 Å². The Balaban J connectivity index is 1.98. The minimum Gasteiger partial charge on any atom is -0.357 e. The van der Waals surface area contributed by atoms with Crippen molar-refractivity contribution in [1.29, 1.82) is 0 Å². The van der Waals surface area contributed by atoms with Gasteiger partial charge in [0.2, 0.25) is 0 Å². The first-order valence-corrected chi connectivity index (χ1v) is 11.2. The number of sulfone groups is 1. The highest BCUT2D eigenvalue weighted by atomic mass is 32.2. The second-order valence-electron chi connectivity index (χ2n) is 6.77. The number of hydrogen-bond acceptors (Lipinski definition) is 4. The van der Waals surface area contributed by atoms with Gasteiger partial charge in [-0.15, -0.1) is 0 Å². The third-order valence-corrected chi connectivity index (χ3v) is 5.95. The summed E-state index contributed by atoms with van der Waals surface area (Å²) in [6, 6.07) is 12.5. The van der Waals surface area contributed by atoms with E-state index in [0.717, 1.165) is 11.6 Å². The Morgan fingerprint density at radius 3 is 2.33 bits per heavy atom. The fraction of sp³-hybridized carbons (Fsp3) is 0.333. The highest BCUT2D eigenvalue weighted by molar-refractivity contribution is 7.91. The van der Waals surface area contributed by atoms with E-state index in [0.29, 0.717) is 24.6 Å². The molecule has 0 saturated heterocycles. The van der Waals surface area contributed by atoms with E-state index in [1.807, 2.05) is 19.1 Å². The molecular weight excluding hydrogens is 407 g/mol. The fourth-order valence-corrected chi connectivity index (χ4v) is 3.88. The van der Waals surface area contributed by atoms with E-state index in [-0.39, 0.29) is 23.1 Å². The standard InChI is InChI=1S/C21H27FN4O3S/c1-4-23-21(24-13-14-30(28,29)19-8-6-5-7-18(19)22)25-15-16-9-11-17(12-10-16)20(27)26(2)3/h5-12H,4,13-15H2,1-3H3,(H2,23,24,25). The van der Waals surface area contributed by atoms with Gasteiger partial charge in [0.25, 0.3) is 5.91 Å². The maximum atomic E-state index is 13.8. The summed E-state index contributed by atoms with van der Waals surface area (Å²) in [7, 11) is -0.353. The van der Waals surface area contributed by atoms with E-state index in [9.17, 15) is 17.6 Å². The Kier molecular flexibility index (Phi) is 8.35. The Hall–Kier alpha value is -2.94. The number of carbonyl (C=O) groups is 1. The quantitative estimate of drug-likeness (QED) is 0.490. The molecule has 30 heavy (non-hydrogen) atoms. The molecule has 0 bridgehead atoms. The zero-order chi connectivity index (χ0) is 22.1. The molecule has 0 atom stereocenters. The number of nitrogens with one attached hydrogen (secondary N) is 2. The summed E-state index contributed by atoms with van der Waals surface area (Å²) < 4.78 is 38.4. The van der Waals surface area contributed by atoms with Gasteiger partial charge < -0.3 is 15.5 Å². The Morgan fingerprint density at radius 1 is 1.07 bits per heavy atom. The van der Waals surface area contributed by atoms with E-state index >= 15 is 0 Å². The van der Waals surface area contributed by atoms with Crippen LogP contribution in [-0.2, 0) is 16.4 Å². The molecule has 162 valence electrons. The maximum absolute atomic E-state index is 13.8. The van der Waals surface area contributed by atoms with Crippen molar-refractivity contribution in [3.63, 3.8) is 0 Å². The highest BCUT2D eigenvalue weighted by Gasteiger charge is 2.18. The molecule has 2 aromatic carbocycles. The molecule has 0 fully saturated rings. The summed E-state index contributed by atoms with van der Waals surface area (Å²) in [5, 5.41) is 6.00. The van der Waals surface area contributed by atoms with Crippen LogP contribution in [0.2, 0.25) is 0 Å². The number of halogens is 1. The number of nitrogens with zero attached hydrogens (tertiary/aromatic N) is 2. The molecule has 7 nitrogen and oxygen atoms in total.